The van der Waals surface area contributed by atoms with Crippen LogP contribution in [0.5, 0.6) is 0 Å². The third kappa shape index (κ3) is 5.38. The summed E-state index contributed by atoms with van der Waals surface area (Å²) in [5, 5.41) is 3.54. The van der Waals surface area contributed by atoms with E-state index in [1.165, 1.54) is 31.9 Å². The van der Waals surface area contributed by atoms with Crippen molar-refractivity contribution in [3.05, 3.63) is 12.3 Å². The van der Waals surface area contributed by atoms with Gasteiger partial charge in [-0.25, -0.2) is 17.7 Å². The minimum Gasteiger partial charge on any atom is -0.356 e. The minimum absolute atomic E-state index is 0.349. The topological polar surface area (TPSA) is 81.7 Å². The van der Waals surface area contributed by atoms with Crippen molar-refractivity contribution in [2.45, 2.75) is 57.0 Å². The largest absolute Gasteiger partial charge is 0.356 e. The molecule has 0 saturated carbocycles. The fraction of sp³-hybridized carbons (Fsp3) is 0.800. The van der Waals surface area contributed by atoms with Crippen LogP contribution in [-0.4, -0.2) is 85.2 Å². The monoisotopic (exact) mass is 422 g/mol. The maximum absolute atomic E-state index is 11.7. The summed E-state index contributed by atoms with van der Waals surface area (Å²) in [6, 6.07) is 2.85. The van der Waals surface area contributed by atoms with Crippen LogP contribution in [0.2, 0.25) is 0 Å². The number of nitrogens with zero attached hydrogens (tertiary/aromatic N) is 5. The molecule has 1 atom stereocenters. The molecule has 4 heterocycles. The molecule has 29 heavy (non-hydrogen) atoms. The third-order valence-electron chi connectivity index (χ3n) is 6.53. The minimum atomic E-state index is -3.06. The number of likely N-dealkylation sites (tertiary alicyclic amines) is 1. The molecule has 1 N–H and O–H groups in total. The van der Waals surface area contributed by atoms with Crippen molar-refractivity contribution in [2.24, 2.45) is 0 Å². The van der Waals surface area contributed by atoms with Gasteiger partial charge in [0.25, 0.3) is 0 Å². The van der Waals surface area contributed by atoms with E-state index in [4.69, 9.17) is 4.98 Å². The average Bonchev–Trinajstić information content (AvgIpc) is 3.00. The Morgan fingerprint density at radius 3 is 2.41 bits per heavy atom. The van der Waals surface area contributed by atoms with Gasteiger partial charge in [-0.2, -0.15) is 4.98 Å². The summed E-state index contributed by atoms with van der Waals surface area (Å²) in [7, 11) is -3.06. The summed E-state index contributed by atoms with van der Waals surface area (Å²) >= 11 is 0. The van der Waals surface area contributed by atoms with E-state index in [2.05, 4.69) is 20.1 Å². The number of anilines is 2. The fourth-order valence-corrected chi connectivity index (χ4v) is 5.73. The number of hydrogen-bond donors (Lipinski definition) is 1. The molecule has 0 aromatic carbocycles. The van der Waals surface area contributed by atoms with Crippen molar-refractivity contribution in [2.75, 3.05) is 55.7 Å². The van der Waals surface area contributed by atoms with Gasteiger partial charge in [-0.15, -0.1) is 0 Å². The molecular weight excluding hydrogens is 388 g/mol. The molecule has 3 saturated heterocycles. The Hall–Kier alpha value is -1.45. The lowest BCUT2D eigenvalue weighted by Gasteiger charge is -2.35. The van der Waals surface area contributed by atoms with Crippen LogP contribution in [0.3, 0.4) is 0 Å². The molecule has 8 nitrogen and oxygen atoms in total. The standard InChI is InChI=1S/C20H34N6O2S/c1-29(27,28)26-14-8-18(9-15-26)25-13-7-17(16-25)22-20-21-10-6-19(23-20)24-11-4-2-3-5-12-24/h6,10,17-18H,2-5,7-9,11-16H2,1H3,(H,21,22,23). The number of sulfonamides is 1. The number of hydrogen-bond acceptors (Lipinski definition) is 7. The van der Waals surface area contributed by atoms with E-state index < -0.39 is 10.0 Å². The zero-order chi connectivity index (χ0) is 20.3. The first kappa shape index (κ1) is 20.8. The first-order valence-corrected chi connectivity index (χ1v) is 12.9. The molecule has 0 aliphatic carbocycles. The second-order valence-electron chi connectivity index (χ2n) is 8.66. The van der Waals surface area contributed by atoms with Gasteiger partial charge in [-0.3, -0.25) is 4.90 Å². The second kappa shape index (κ2) is 9.14. The summed E-state index contributed by atoms with van der Waals surface area (Å²) < 4.78 is 25.0. The Kier molecular flexibility index (Phi) is 6.56. The van der Waals surface area contributed by atoms with Gasteiger partial charge in [-0.05, 0) is 38.2 Å². The summed E-state index contributed by atoms with van der Waals surface area (Å²) in [5.41, 5.74) is 0. The molecule has 1 aromatic rings. The quantitative estimate of drug-likeness (QED) is 0.774. The summed E-state index contributed by atoms with van der Waals surface area (Å²) in [5.74, 6) is 1.76. The molecular formula is C20H34N6O2S. The van der Waals surface area contributed by atoms with E-state index in [0.29, 0.717) is 25.2 Å². The van der Waals surface area contributed by atoms with Crippen LogP contribution in [0.15, 0.2) is 12.3 Å². The van der Waals surface area contributed by atoms with E-state index in [0.717, 1.165) is 57.2 Å². The Bertz CT molecular complexity index is 773. The van der Waals surface area contributed by atoms with Crippen LogP contribution in [0.25, 0.3) is 0 Å². The lowest BCUT2D eigenvalue weighted by Crippen LogP contribution is -2.46. The van der Waals surface area contributed by atoms with Crippen molar-refractivity contribution >= 4 is 21.8 Å². The Labute approximate surface area is 174 Å². The van der Waals surface area contributed by atoms with Gasteiger partial charge in [-0.1, -0.05) is 12.8 Å². The van der Waals surface area contributed by atoms with Gasteiger partial charge in [0, 0.05) is 57.5 Å². The first-order valence-electron chi connectivity index (χ1n) is 11.0. The summed E-state index contributed by atoms with van der Waals surface area (Å²) in [6.07, 6.45) is 11.2. The molecule has 9 heteroatoms. The molecule has 162 valence electrons. The Balaban J connectivity index is 1.30. The fourth-order valence-electron chi connectivity index (χ4n) is 4.85. The lowest BCUT2D eigenvalue weighted by molar-refractivity contribution is 0.167. The second-order valence-corrected chi connectivity index (χ2v) is 10.6. The van der Waals surface area contributed by atoms with Crippen LogP contribution in [-0.2, 0) is 10.0 Å². The maximum Gasteiger partial charge on any atom is 0.224 e. The van der Waals surface area contributed by atoms with Crippen LogP contribution in [0, 0.1) is 0 Å². The van der Waals surface area contributed by atoms with Crippen LogP contribution < -0.4 is 10.2 Å². The number of rotatable bonds is 5. The Morgan fingerprint density at radius 2 is 1.72 bits per heavy atom. The predicted molar refractivity (Wildman–Crippen MR) is 116 cm³/mol. The highest BCUT2D eigenvalue weighted by Crippen LogP contribution is 2.24. The van der Waals surface area contributed by atoms with Crippen LogP contribution in [0.4, 0.5) is 11.8 Å². The SMILES string of the molecule is CS(=O)(=O)N1CCC(N2CCC(Nc3nccc(N4CCCCCC4)n3)C2)CC1. The van der Waals surface area contributed by atoms with E-state index in [9.17, 15) is 8.42 Å². The molecule has 3 aliphatic heterocycles. The van der Waals surface area contributed by atoms with Gasteiger partial charge in [0.2, 0.25) is 16.0 Å². The highest BCUT2D eigenvalue weighted by atomic mass is 32.2. The normalized spacial score (nSPS) is 25.8. The van der Waals surface area contributed by atoms with Gasteiger partial charge in [0.1, 0.15) is 5.82 Å². The molecule has 0 radical (unpaired) electrons. The number of aromatic nitrogens is 2. The van der Waals surface area contributed by atoms with Crippen molar-refractivity contribution in [3.63, 3.8) is 0 Å². The first-order chi connectivity index (χ1) is 14.0. The zero-order valence-electron chi connectivity index (χ0n) is 17.5. The van der Waals surface area contributed by atoms with Crippen molar-refractivity contribution < 1.29 is 8.42 Å². The van der Waals surface area contributed by atoms with E-state index >= 15 is 0 Å². The zero-order valence-corrected chi connectivity index (χ0v) is 18.3. The lowest BCUT2D eigenvalue weighted by atomic mass is 10.1. The number of piperidine rings is 1. The molecule has 3 fully saturated rings. The smallest absolute Gasteiger partial charge is 0.224 e. The highest BCUT2D eigenvalue weighted by Gasteiger charge is 2.32. The van der Waals surface area contributed by atoms with Crippen LogP contribution >= 0.6 is 0 Å². The highest BCUT2D eigenvalue weighted by molar-refractivity contribution is 7.88. The summed E-state index contributed by atoms with van der Waals surface area (Å²) in [6.45, 7) is 5.46. The molecule has 1 aromatic heterocycles. The molecule has 1 unspecified atom stereocenters. The van der Waals surface area contributed by atoms with E-state index in [-0.39, 0.29) is 0 Å². The third-order valence-corrected chi connectivity index (χ3v) is 7.84. The molecule has 0 spiro atoms. The van der Waals surface area contributed by atoms with Gasteiger partial charge >= 0.3 is 0 Å². The molecule has 0 bridgehead atoms. The van der Waals surface area contributed by atoms with Crippen molar-refractivity contribution in [3.8, 4) is 0 Å². The molecule has 3 aliphatic rings. The maximum atomic E-state index is 11.7. The Morgan fingerprint density at radius 1 is 1.00 bits per heavy atom. The molecule has 4 rings (SSSR count). The number of nitrogens with one attached hydrogen (secondary N) is 1. The van der Waals surface area contributed by atoms with E-state index in [1.54, 1.807) is 4.31 Å². The van der Waals surface area contributed by atoms with Gasteiger partial charge in [0.05, 0.1) is 6.26 Å². The average molecular weight is 423 g/mol. The van der Waals surface area contributed by atoms with Crippen molar-refractivity contribution in [1.82, 2.24) is 19.2 Å². The van der Waals surface area contributed by atoms with Crippen LogP contribution in [0.1, 0.15) is 44.9 Å². The van der Waals surface area contributed by atoms with E-state index in [1.807, 2.05) is 12.3 Å². The molecule has 0 amide bonds. The van der Waals surface area contributed by atoms with Crippen molar-refractivity contribution in [1.29, 1.82) is 0 Å². The van der Waals surface area contributed by atoms with Gasteiger partial charge < -0.3 is 10.2 Å². The summed E-state index contributed by atoms with van der Waals surface area (Å²) in [4.78, 5) is 14.1. The predicted octanol–water partition coefficient (Wildman–Crippen LogP) is 1.77. The van der Waals surface area contributed by atoms with Gasteiger partial charge in [0.15, 0.2) is 0 Å².